The lowest BCUT2D eigenvalue weighted by atomic mass is 10.1. The van der Waals surface area contributed by atoms with Crippen molar-refractivity contribution in [3.8, 4) is 0 Å². The monoisotopic (exact) mass is 382 g/mol. The van der Waals surface area contributed by atoms with E-state index in [2.05, 4.69) is 40.5 Å². The molecule has 1 heterocycles. The van der Waals surface area contributed by atoms with E-state index in [1.165, 1.54) is 41.0 Å². The van der Waals surface area contributed by atoms with Crippen molar-refractivity contribution in [1.82, 2.24) is 0 Å². The van der Waals surface area contributed by atoms with Gasteiger partial charge in [-0.25, -0.2) is 0 Å². The number of ether oxygens (including phenoxy) is 1. The van der Waals surface area contributed by atoms with Crippen molar-refractivity contribution in [2.75, 3.05) is 36.5 Å². The van der Waals surface area contributed by atoms with Crippen molar-refractivity contribution in [2.24, 2.45) is 0 Å². The van der Waals surface area contributed by atoms with Gasteiger partial charge in [-0.1, -0.05) is 6.07 Å². The summed E-state index contributed by atoms with van der Waals surface area (Å²) < 4.78 is 5.40. The van der Waals surface area contributed by atoms with Crippen LogP contribution in [0.2, 0.25) is 0 Å². The Morgan fingerprint density at radius 3 is 2.59 bits per heavy atom. The molecule has 1 aliphatic carbocycles. The minimum Gasteiger partial charge on any atom is -0.378 e. The molecule has 0 bridgehead atoms. The van der Waals surface area contributed by atoms with Crippen LogP contribution in [0.15, 0.2) is 47.4 Å². The molecule has 2 aromatic carbocycles. The molecule has 2 aromatic rings. The maximum absolute atomic E-state index is 12.6. The molecule has 4 rings (SSSR count). The predicted molar refractivity (Wildman–Crippen MR) is 112 cm³/mol. The summed E-state index contributed by atoms with van der Waals surface area (Å²) in [4.78, 5) is 16.1. The smallest absolute Gasteiger partial charge is 0.237 e. The van der Waals surface area contributed by atoms with Crippen LogP contribution >= 0.6 is 11.8 Å². The van der Waals surface area contributed by atoms with E-state index in [0.717, 1.165) is 32.0 Å². The lowest BCUT2D eigenvalue weighted by molar-refractivity contribution is -0.115. The summed E-state index contributed by atoms with van der Waals surface area (Å²) in [6.07, 6.45) is 3.61. The van der Waals surface area contributed by atoms with Crippen molar-refractivity contribution in [3.05, 3.63) is 53.6 Å². The highest BCUT2D eigenvalue weighted by Crippen LogP contribution is 2.30. The highest BCUT2D eigenvalue weighted by Gasteiger charge is 2.17. The number of aryl methyl sites for hydroxylation is 2. The standard InChI is InChI=1S/C22H26N2O2S/c1-16(27-21-10-5-17-3-2-4-18(17)15-21)22(25)23-19-6-8-20(9-7-19)24-11-13-26-14-12-24/h5-10,15-16H,2-4,11-14H2,1H3,(H,23,25)/t16-/m0/s1. The minimum atomic E-state index is -0.136. The van der Waals surface area contributed by atoms with E-state index in [9.17, 15) is 4.79 Å². The Bertz CT molecular complexity index is 800. The Morgan fingerprint density at radius 2 is 1.81 bits per heavy atom. The summed E-state index contributed by atoms with van der Waals surface area (Å²) >= 11 is 1.63. The SMILES string of the molecule is C[C@H](Sc1ccc2c(c1)CCC2)C(=O)Nc1ccc(N2CCOCC2)cc1. The van der Waals surface area contributed by atoms with Crippen molar-refractivity contribution in [1.29, 1.82) is 0 Å². The fourth-order valence-electron chi connectivity index (χ4n) is 3.70. The number of thioether (sulfide) groups is 1. The van der Waals surface area contributed by atoms with Crippen LogP contribution < -0.4 is 10.2 Å². The van der Waals surface area contributed by atoms with Gasteiger partial charge in [-0.3, -0.25) is 4.79 Å². The molecule has 2 aliphatic rings. The number of carbonyl (C=O) groups is 1. The van der Waals surface area contributed by atoms with E-state index in [0.29, 0.717) is 0 Å². The predicted octanol–water partition coefficient (Wildman–Crippen LogP) is 4.13. The summed E-state index contributed by atoms with van der Waals surface area (Å²) in [5, 5.41) is 2.91. The second kappa shape index (κ2) is 8.36. The lowest BCUT2D eigenvalue weighted by Crippen LogP contribution is -2.36. The second-order valence-electron chi connectivity index (χ2n) is 7.18. The van der Waals surface area contributed by atoms with Gasteiger partial charge in [-0.2, -0.15) is 0 Å². The molecule has 0 spiro atoms. The zero-order valence-corrected chi connectivity index (χ0v) is 16.6. The Kier molecular flexibility index (Phi) is 5.69. The highest BCUT2D eigenvalue weighted by atomic mass is 32.2. The first kappa shape index (κ1) is 18.4. The van der Waals surface area contributed by atoms with Crippen molar-refractivity contribution >= 4 is 29.0 Å². The van der Waals surface area contributed by atoms with Gasteiger partial charge in [0.15, 0.2) is 0 Å². The molecule has 0 saturated carbocycles. The van der Waals surface area contributed by atoms with Gasteiger partial charge < -0.3 is 15.0 Å². The molecular weight excluding hydrogens is 356 g/mol. The minimum absolute atomic E-state index is 0.0413. The second-order valence-corrected chi connectivity index (χ2v) is 8.59. The van der Waals surface area contributed by atoms with Crippen molar-refractivity contribution in [3.63, 3.8) is 0 Å². The fourth-order valence-corrected chi connectivity index (χ4v) is 4.63. The van der Waals surface area contributed by atoms with Crippen molar-refractivity contribution in [2.45, 2.75) is 36.3 Å². The Balaban J connectivity index is 1.34. The molecule has 1 amide bonds. The zero-order valence-electron chi connectivity index (χ0n) is 15.7. The number of rotatable bonds is 5. The first-order valence-electron chi connectivity index (χ1n) is 9.71. The van der Waals surface area contributed by atoms with Gasteiger partial charge in [0.2, 0.25) is 5.91 Å². The van der Waals surface area contributed by atoms with E-state index in [1.807, 2.05) is 19.1 Å². The summed E-state index contributed by atoms with van der Waals surface area (Å²) in [6.45, 7) is 5.35. The van der Waals surface area contributed by atoms with E-state index in [-0.39, 0.29) is 11.2 Å². The van der Waals surface area contributed by atoms with Crippen LogP contribution in [0.1, 0.15) is 24.5 Å². The summed E-state index contributed by atoms with van der Waals surface area (Å²) in [5.41, 5.74) is 4.94. The maximum atomic E-state index is 12.6. The van der Waals surface area contributed by atoms with Gasteiger partial charge in [0.25, 0.3) is 0 Å². The normalized spacial score (nSPS) is 17.4. The third-order valence-electron chi connectivity index (χ3n) is 5.26. The summed E-state index contributed by atoms with van der Waals surface area (Å²) in [7, 11) is 0. The van der Waals surface area contributed by atoms with Gasteiger partial charge in [-0.15, -0.1) is 11.8 Å². The third-order valence-corrected chi connectivity index (χ3v) is 6.36. The summed E-state index contributed by atoms with van der Waals surface area (Å²) in [5.74, 6) is 0.0413. The fraction of sp³-hybridized carbons (Fsp3) is 0.409. The molecule has 1 atom stereocenters. The molecule has 5 heteroatoms. The van der Waals surface area contributed by atoms with Crippen LogP contribution in [0.5, 0.6) is 0 Å². The summed E-state index contributed by atoms with van der Waals surface area (Å²) in [6, 6.07) is 14.7. The number of amides is 1. The average molecular weight is 383 g/mol. The molecule has 0 unspecified atom stereocenters. The van der Waals surface area contributed by atoms with E-state index in [1.54, 1.807) is 11.8 Å². The zero-order chi connectivity index (χ0) is 18.6. The number of fused-ring (bicyclic) bond motifs is 1. The van der Waals surface area contributed by atoms with Gasteiger partial charge in [0, 0.05) is 29.4 Å². The molecule has 4 nitrogen and oxygen atoms in total. The van der Waals surface area contributed by atoms with Gasteiger partial charge in [-0.05, 0) is 73.7 Å². The molecule has 1 saturated heterocycles. The molecule has 142 valence electrons. The number of hydrogen-bond donors (Lipinski definition) is 1. The lowest BCUT2D eigenvalue weighted by Gasteiger charge is -2.28. The highest BCUT2D eigenvalue weighted by molar-refractivity contribution is 8.00. The molecule has 27 heavy (non-hydrogen) atoms. The van der Waals surface area contributed by atoms with Gasteiger partial charge >= 0.3 is 0 Å². The van der Waals surface area contributed by atoms with Gasteiger partial charge in [0.05, 0.1) is 18.5 Å². The van der Waals surface area contributed by atoms with Crippen molar-refractivity contribution < 1.29 is 9.53 Å². The number of carbonyl (C=O) groups excluding carboxylic acids is 1. The van der Waals surface area contributed by atoms with E-state index < -0.39 is 0 Å². The average Bonchev–Trinajstić information content (AvgIpc) is 3.17. The van der Waals surface area contributed by atoms with Crippen LogP contribution in [0, 0.1) is 0 Å². The van der Waals surface area contributed by atoms with Crippen LogP contribution in [0.3, 0.4) is 0 Å². The largest absolute Gasteiger partial charge is 0.378 e. The number of morpholine rings is 1. The third kappa shape index (κ3) is 4.47. The Morgan fingerprint density at radius 1 is 1.07 bits per heavy atom. The quantitative estimate of drug-likeness (QED) is 0.790. The molecule has 0 aromatic heterocycles. The number of nitrogens with zero attached hydrogens (tertiary/aromatic N) is 1. The molecule has 1 N–H and O–H groups in total. The van der Waals surface area contributed by atoms with Crippen LogP contribution in [0.25, 0.3) is 0 Å². The van der Waals surface area contributed by atoms with Gasteiger partial charge in [0.1, 0.15) is 0 Å². The number of hydrogen-bond acceptors (Lipinski definition) is 4. The number of nitrogens with one attached hydrogen (secondary N) is 1. The maximum Gasteiger partial charge on any atom is 0.237 e. The van der Waals surface area contributed by atoms with Crippen LogP contribution in [-0.2, 0) is 22.4 Å². The first-order chi connectivity index (χ1) is 13.2. The first-order valence-corrected chi connectivity index (χ1v) is 10.6. The van der Waals surface area contributed by atoms with Crippen LogP contribution in [0.4, 0.5) is 11.4 Å². The molecule has 0 radical (unpaired) electrons. The van der Waals surface area contributed by atoms with E-state index >= 15 is 0 Å². The Hall–Kier alpha value is -1.98. The van der Waals surface area contributed by atoms with Crippen LogP contribution in [-0.4, -0.2) is 37.5 Å². The molecule has 1 fully saturated rings. The van der Waals surface area contributed by atoms with E-state index in [4.69, 9.17) is 4.74 Å². The number of benzene rings is 2. The number of anilines is 2. The molecular formula is C22H26N2O2S. The topological polar surface area (TPSA) is 41.6 Å². The Labute approximate surface area is 165 Å². The molecule has 1 aliphatic heterocycles.